The van der Waals surface area contributed by atoms with E-state index in [0.717, 1.165) is 57.8 Å². The summed E-state index contributed by atoms with van der Waals surface area (Å²) in [6, 6.07) is 3.87. The number of halogens is 5. The molecule has 0 radical (unpaired) electrons. The largest absolute Gasteiger partial charge is 0.419 e. The second-order valence-electron chi connectivity index (χ2n) is 6.27. The molecule has 2 saturated heterocycles. The molecule has 136 valence electrons. The summed E-state index contributed by atoms with van der Waals surface area (Å²) in [5.74, 6) is -1.21. The lowest BCUT2D eigenvalue weighted by atomic mass is 10.1. The van der Waals surface area contributed by atoms with Crippen molar-refractivity contribution < 1.29 is 17.6 Å². The first-order valence-electron chi connectivity index (χ1n) is 7.96. The van der Waals surface area contributed by atoms with Crippen LogP contribution >= 0.6 is 12.4 Å². The van der Waals surface area contributed by atoms with E-state index in [1.165, 1.54) is 6.07 Å². The highest BCUT2D eigenvalue weighted by Gasteiger charge is 2.34. The molecule has 1 aromatic carbocycles. The zero-order valence-electron chi connectivity index (χ0n) is 13.3. The van der Waals surface area contributed by atoms with Crippen molar-refractivity contribution >= 4 is 12.4 Å². The average molecular weight is 368 g/mol. The van der Waals surface area contributed by atoms with Gasteiger partial charge in [-0.1, -0.05) is 6.07 Å². The van der Waals surface area contributed by atoms with Gasteiger partial charge >= 0.3 is 6.18 Å². The second-order valence-corrected chi connectivity index (χ2v) is 6.27. The molecule has 8 heteroatoms. The number of nitrogens with zero attached hydrogens (tertiary/aromatic N) is 2. The highest BCUT2D eigenvalue weighted by Crippen LogP contribution is 2.32. The van der Waals surface area contributed by atoms with E-state index in [-0.39, 0.29) is 12.4 Å². The maximum atomic E-state index is 13.3. The third kappa shape index (κ3) is 4.59. The molecule has 3 nitrogen and oxygen atoms in total. The molecule has 2 fully saturated rings. The molecular weight excluding hydrogens is 346 g/mol. The minimum atomic E-state index is -4.64. The van der Waals surface area contributed by atoms with E-state index in [0.29, 0.717) is 18.2 Å². The highest BCUT2D eigenvalue weighted by atomic mass is 35.5. The maximum Gasteiger partial charge on any atom is 0.419 e. The van der Waals surface area contributed by atoms with Crippen molar-refractivity contribution in [1.29, 1.82) is 0 Å². The lowest BCUT2D eigenvalue weighted by Gasteiger charge is -2.37. The van der Waals surface area contributed by atoms with Gasteiger partial charge in [-0.25, -0.2) is 4.39 Å². The van der Waals surface area contributed by atoms with Gasteiger partial charge in [0.05, 0.1) is 5.56 Å². The molecule has 0 aliphatic carbocycles. The number of rotatable bonds is 3. The molecule has 0 amide bonds. The summed E-state index contributed by atoms with van der Waals surface area (Å²) in [4.78, 5) is 4.58. The Morgan fingerprint density at radius 1 is 1.12 bits per heavy atom. The summed E-state index contributed by atoms with van der Waals surface area (Å²) in [5, 5.41) is 3.35. The van der Waals surface area contributed by atoms with Gasteiger partial charge in [0, 0.05) is 45.3 Å². The van der Waals surface area contributed by atoms with Crippen LogP contribution in [0.5, 0.6) is 0 Å². The molecule has 1 atom stereocenters. The standard InChI is InChI=1S/C16H21F4N3.ClH/c17-15-2-1-12(9-14(15)16(18,19)20)11-22-5-7-23(8-6-22)13-3-4-21-10-13;/h1-2,9,13,21H,3-8,10-11H2;1H. The summed E-state index contributed by atoms with van der Waals surface area (Å²) in [7, 11) is 0. The monoisotopic (exact) mass is 367 g/mol. The number of hydrogen-bond acceptors (Lipinski definition) is 3. The lowest BCUT2D eigenvalue weighted by Crippen LogP contribution is -2.50. The van der Waals surface area contributed by atoms with Crippen molar-refractivity contribution in [2.45, 2.75) is 25.2 Å². The van der Waals surface area contributed by atoms with Gasteiger partial charge in [0.25, 0.3) is 0 Å². The van der Waals surface area contributed by atoms with Gasteiger partial charge in [-0.3, -0.25) is 9.80 Å². The normalized spacial score (nSPS) is 23.2. The summed E-state index contributed by atoms with van der Waals surface area (Å²) in [5.41, 5.74) is -0.666. The fourth-order valence-corrected chi connectivity index (χ4v) is 3.38. The summed E-state index contributed by atoms with van der Waals surface area (Å²) in [6.45, 7) is 6.03. The van der Waals surface area contributed by atoms with Crippen LogP contribution in [-0.4, -0.2) is 55.1 Å². The third-order valence-corrected chi connectivity index (χ3v) is 4.70. The van der Waals surface area contributed by atoms with Crippen molar-refractivity contribution in [2.75, 3.05) is 39.3 Å². The lowest BCUT2D eigenvalue weighted by molar-refractivity contribution is -0.140. The molecule has 24 heavy (non-hydrogen) atoms. The number of nitrogens with one attached hydrogen (secondary N) is 1. The quantitative estimate of drug-likeness (QED) is 0.829. The van der Waals surface area contributed by atoms with Crippen molar-refractivity contribution in [3.8, 4) is 0 Å². The molecule has 0 bridgehead atoms. The minimum absolute atomic E-state index is 0. The van der Waals surface area contributed by atoms with Gasteiger partial charge in [-0.05, 0) is 30.7 Å². The zero-order chi connectivity index (χ0) is 16.4. The minimum Gasteiger partial charge on any atom is -0.315 e. The van der Waals surface area contributed by atoms with E-state index in [9.17, 15) is 17.6 Å². The Bertz CT molecular complexity index is 539. The fourth-order valence-electron chi connectivity index (χ4n) is 3.38. The number of alkyl halides is 3. The summed E-state index contributed by atoms with van der Waals surface area (Å²) in [6.07, 6.45) is -3.48. The highest BCUT2D eigenvalue weighted by molar-refractivity contribution is 5.85. The van der Waals surface area contributed by atoms with E-state index in [4.69, 9.17) is 0 Å². The second kappa shape index (κ2) is 7.99. The number of hydrogen-bond donors (Lipinski definition) is 1. The molecule has 1 unspecified atom stereocenters. The molecule has 2 aliphatic rings. The maximum absolute atomic E-state index is 13.3. The summed E-state index contributed by atoms with van der Waals surface area (Å²) >= 11 is 0. The van der Waals surface area contributed by atoms with Gasteiger partial charge in [0.15, 0.2) is 0 Å². The van der Waals surface area contributed by atoms with E-state index in [1.807, 2.05) is 0 Å². The van der Waals surface area contributed by atoms with E-state index in [1.54, 1.807) is 0 Å². The molecule has 2 aliphatic heterocycles. The molecule has 0 saturated carbocycles. The van der Waals surface area contributed by atoms with Crippen LogP contribution in [-0.2, 0) is 12.7 Å². The molecule has 0 spiro atoms. The average Bonchev–Trinajstić information content (AvgIpc) is 3.03. The van der Waals surface area contributed by atoms with Crippen molar-refractivity contribution in [3.63, 3.8) is 0 Å². The Labute approximate surface area is 145 Å². The van der Waals surface area contributed by atoms with Gasteiger partial charge < -0.3 is 5.32 Å². The SMILES string of the molecule is Cl.Fc1ccc(CN2CCN(C3CCNC3)CC2)cc1C(F)(F)F. The number of benzene rings is 1. The topological polar surface area (TPSA) is 18.5 Å². The molecule has 0 aromatic heterocycles. The van der Waals surface area contributed by atoms with Crippen LogP contribution in [0.25, 0.3) is 0 Å². The number of piperazine rings is 1. The van der Waals surface area contributed by atoms with E-state index in [2.05, 4.69) is 15.1 Å². The van der Waals surface area contributed by atoms with Gasteiger partial charge in [0.2, 0.25) is 0 Å². The van der Waals surface area contributed by atoms with E-state index >= 15 is 0 Å². The Balaban J connectivity index is 0.00000208. The smallest absolute Gasteiger partial charge is 0.315 e. The Hall–Kier alpha value is -0.890. The summed E-state index contributed by atoms with van der Waals surface area (Å²) < 4.78 is 51.6. The van der Waals surface area contributed by atoms with Crippen LogP contribution in [0.4, 0.5) is 17.6 Å². The van der Waals surface area contributed by atoms with Gasteiger partial charge in [0.1, 0.15) is 5.82 Å². The van der Waals surface area contributed by atoms with E-state index < -0.39 is 17.6 Å². The Morgan fingerprint density at radius 3 is 2.42 bits per heavy atom. The van der Waals surface area contributed by atoms with Crippen molar-refractivity contribution in [3.05, 3.63) is 35.1 Å². The zero-order valence-corrected chi connectivity index (χ0v) is 14.1. The third-order valence-electron chi connectivity index (χ3n) is 4.70. The molecule has 1 aromatic rings. The first-order chi connectivity index (χ1) is 10.9. The van der Waals surface area contributed by atoms with Crippen LogP contribution in [0.2, 0.25) is 0 Å². The molecular formula is C16H22ClF4N3. The predicted molar refractivity (Wildman–Crippen MR) is 86.8 cm³/mol. The molecule has 1 N–H and O–H groups in total. The van der Waals surface area contributed by atoms with Crippen LogP contribution in [0.3, 0.4) is 0 Å². The Kier molecular flexibility index (Phi) is 6.47. The van der Waals surface area contributed by atoms with Gasteiger partial charge in [-0.2, -0.15) is 13.2 Å². The predicted octanol–water partition coefficient (Wildman–Crippen LogP) is 2.75. The first kappa shape index (κ1) is 19.4. The molecule has 2 heterocycles. The van der Waals surface area contributed by atoms with Crippen LogP contribution in [0, 0.1) is 5.82 Å². The van der Waals surface area contributed by atoms with Gasteiger partial charge in [-0.15, -0.1) is 12.4 Å². The van der Waals surface area contributed by atoms with Crippen LogP contribution in [0.1, 0.15) is 17.5 Å². The first-order valence-corrected chi connectivity index (χ1v) is 7.96. The fraction of sp³-hybridized carbons (Fsp3) is 0.625. The van der Waals surface area contributed by atoms with Crippen molar-refractivity contribution in [1.82, 2.24) is 15.1 Å². The Morgan fingerprint density at radius 2 is 1.83 bits per heavy atom. The molecule has 3 rings (SSSR count). The van der Waals surface area contributed by atoms with Crippen LogP contribution < -0.4 is 5.32 Å². The van der Waals surface area contributed by atoms with Crippen LogP contribution in [0.15, 0.2) is 18.2 Å². The van der Waals surface area contributed by atoms with Crippen molar-refractivity contribution in [2.24, 2.45) is 0 Å².